The number of likely N-dealkylation sites (N-methyl/N-ethyl adjacent to an activating group) is 1. The second kappa shape index (κ2) is 5.47. The molecule has 0 aromatic carbocycles. The number of nitrogens with zero attached hydrogens (tertiary/aromatic N) is 3. The third kappa shape index (κ3) is 3.59. The van der Waals surface area contributed by atoms with Gasteiger partial charge in [0.1, 0.15) is 6.04 Å². The smallest absolute Gasteiger partial charge is 0.329 e. The van der Waals surface area contributed by atoms with E-state index in [1.807, 2.05) is 13.0 Å². The van der Waals surface area contributed by atoms with Crippen LogP contribution in [-0.2, 0) is 9.59 Å². The highest BCUT2D eigenvalue weighted by Crippen LogP contribution is 2.23. The van der Waals surface area contributed by atoms with Crippen LogP contribution in [0.5, 0.6) is 0 Å². The van der Waals surface area contributed by atoms with E-state index < -0.39 is 30.6 Å². The van der Waals surface area contributed by atoms with Gasteiger partial charge in [0, 0.05) is 13.6 Å². The minimum Gasteiger partial charge on any atom is -0.329 e. The van der Waals surface area contributed by atoms with E-state index in [0.717, 1.165) is 7.05 Å². The summed E-state index contributed by atoms with van der Waals surface area (Å²) in [6.45, 7) is 1.50. The molecule has 2 atom stereocenters. The zero-order valence-electron chi connectivity index (χ0n) is 10.6. The van der Waals surface area contributed by atoms with E-state index in [-0.39, 0.29) is 5.92 Å². The molecular weight excluding hydrogens is 263 g/mol. The number of carbonyl (C=O) groups excluding carboxylic acids is 2. The lowest BCUT2D eigenvalue weighted by Gasteiger charge is -2.24. The largest absolute Gasteiger partial charge is 0.471 e. The van der Waals surface area contributed by atoms with Crippen molar-refractivity contribution < 1.29 is 22.8 Å². The van der Waals surface area contributed by atoms with E-state index in [0.29, 0.717) is 17.9 Å². The molecule has 1 rings (SSSR count). The lowest BCUT2D eigenvalue weighted by Crippen LogP contribution is -2.46. The van der Waals surface area contributed by atoms with Crippen LogP contribution in [0.25, 0.3) is 0 Å². The first-order valence-electron chi connectivity index (χ1n) is 5.68. The number of hydrogen-bond donors (Lipinski definition) is 0. The van der Waals surface area contributed by atoms with Gasteiger partial charge in [0.05, 0.1) is 12.6 Å². The Balaban J connectivity index is 2.65. The molecule has 0 aromatic heterocycles. The van der Waals surface area contributed by atoms with E-state index in [4.69, 9.17) is 5.26 Å². The van der Waals surface area contributed by atoms with Gasteiger partial charge in [0.15, 0.2) is 0 Å². The van der Waals surface area contributed by atoms with Crippen molar-refractivity contribution in [3.8, 4) is 6.07 Å². The summed E-state index contributed by atoms with van der Waals surface area (Å²) in [7, 11) is 0.911. The lowest BCUT2D eigenvalue weighted by atomic mass is 10.1. The molecule has 0 aromatic rings. The first-order chi connectivity index (χ1) is 8.66. The first-order valence-corrected chi connectivity index (χ1v) is 5.68. The standard InChI is InChI=1S/C11H14F3N3O2/c1-7-3-8(4-15)17(5-7)9(18)6-16(2)10(19)11(12,13)14/h7-8H,3,5-6H2,1-2H3. The maximum Gasteiger partial charge on any atom is 0.471 e. The number of nitriles is 1. The van der Waals surface area contributed by atoms with Gasteiger partial charge in [0.2, 0.25) is 5.91 Å². The van der Waals surface area contributed by atoms with Crippen molar-refractivity contribution in [2.24, 2.45) is 5.92 Å². The van der Waals surface area contributed by atoms with Crippen LogP contribution in [0.4, 0.5) is 13.2 Å². The van der Waals surface area contributed by atoms with Crippen LogP contribution in [0.3, 0.4) is 0 Å². The van der Waals surface area contributed by atoms with E-state index >= 15 is 0 Å². The summed E-state index contributed by atoms with van der Waals surface area (Å²) in [5, 5.41) is 8.87. The van der Waals surface area contributed by atoms with E-state index in [2.05, 4.69) is 0 Å². The molecule has 1 saturated heterocycles. The second-order valence-corrected chi connectivity index (χ2v) is 4.69. The van der Waals surface area contributed by atoms with Crippen LogP contribution in [0.1, 0.15) is 13.3 Å². The number of amides is 2. The molecule has 0 bridgehead atoms. The third-order valence-electron chi connectivity index (χ3n) is 2.94. The molecule has 0 saturated carbocycles. The Kier molecular flexibility index (Phi) is 4.39. The summed E-state index contributed by atoms with van der Waals surface area (Å²) < 4.78 is 36.5. The highest BCUT2D eigenvalue weighted by Gasteiger charge is 2.42. The molecule has 5 nitrogen and oxygen atoms in total. The predicted molar refractivity (Wildman–Crippen MR) is 58.6 cm³/mol. The number of carbonyl (C=O) groups is 2. The first kappa shape index (κ1) is 15.3. The van der Waals surface area contributed by atoms with Gasteiger partial charge in [-0.15, -0.1) is 0 Å². The van der Waals surface area contributed by atoms with Crippen molar-refractivity contribution in [3.63, 3.8) is 0 Å². The monoisotopic (exact) mass is 277 g/mol. The molecule has 8 heteroatoms. The molecule has 0 N–H and O–H groups in total. The summed E-state index contributed by atoms with van der Waals surface area (Å²) in [6, 6.07) is 1.31. The fourth-order valence-electron chi connectivity index (χ4n) is 2.03. The van der Waals surface area contributed by atoms with Crippen molar-refractivity contribution in [2.45, 2.75) is 25.6 Å². The normalized spacial score (nSPS) is 23.1. The number of alkyl halides is 3. The van der Waals surface area contributed by atoms with Crippen molar-refractivity contribution in [2.75, 3.05) is 20.1 Å². The highest BCUT2D eigenvalue weighted by atomic mass is 19.4. The molecule has 106 valence electrons. The van der Waals surface area contributed by atoms with Gasteiger partial charge in [-0.05, 0) is 12.3 Å². The molecule has 19 heavy (non-hydrogen) atoms. The van der Waals surface area contributed by atoms with Crippen molar-refractivity contribution in [3.05, 3.63) is 0 Å². The summed E-state index contributed by atoms with van der Waals surface area (Å²) in [5.74, 6) is -2.59. The zero-order chi connectivity index (χ0) is 14.8. The molecule has 2 unspecified atom stereocenters. The van der Waals surface area contributed by atoms with Crippen LogP contribution in [-0.4, -0.2) is 54.0 Å². The number of rotatable bonds is 2. The van der Waals surface area contributed by atoms with Gasteiger partial charge in [-0.1, -0.05) is 6.92 Å². The SMILES string of the molecule is CC1CC(C#N)N(C(=O)CN(C)C(=O)C(F)(F)F)C1. The summed E-state index contributed by atoms with van der Waals surface area (Å²) >= 11 is 0. The number of likely N-dealkylation sites (tertiary alicyclic amines) is 1. The molecule has 0 radical (unpaired) electrons. The molecular formula is C11H14F3N3O2. The molecule has 1 heterocycles. The van der Waals surface area contributed by atoms with E-state index in [1.54, 1.807) is 0 Å². The lowest BCUT2D eigenvalue weighted by molar-refractivity contribution is -0.184. The van der Waals surface area contributed by atoms with E-state index in [1.165, 1.54) is 4.90 Å². The minimum absolute atomic E-state index is 0.122. The van der Waals surface area contributed by atoms with Crippen molar-refractivity contribution in [1.82, 2.24) is 9.80 Å². The summed E-state index contributed by atoms with van der Waals surface area (Å²) in [5.41, 5.74) is 0. The van der Waals surface area contributed by atoms with Crippen LogP contribution in [0, 0.1) is 17.2 Å². The Bertz CT molecular complexity index is 416. The number of hydrogen-bond acceptors (Lipinski definition) is 3. The molecule has 0 spiro atoms. The average molecular weight is 277 g/mol. The van der Waals surface area contributed by atoms with Gasteiger partial charge in [-0.25, -0.2) is 0 Å². The van der Waals surface area contributed by atoms with Crippen molar-refractivity contribution in [1.29, 1.82) is 5.26 Å². The zero-order valence-corrected chi connectivity index (χ0v) is 10.6. The fourth-order valence-corrected chi connectivity index (χ4v) is 2.03. The Morgan fingerprint density at radius 2 is 2.05 bits per heavy atom. The van der Waals surface area contributed by atoms with Gasteiger partial charge in [-0.2, -0.15) is 18.4 Å². The Morgan fingerprint density at radius 3 is 2.53 bits per heavy atom. The van der Waals surface area contributed by atoms with Crippen molar-refractivity contribution >= 4 is 11.8 Å². The summed E-state index contributed by atoms with van der Waals surface area (Å²) in [6.07, 6.45) is -4.50. The average Bonchev–Trinajstić information content (AvgIpc) is 2.68. The van der Waals surface area contributed by atoms with Crippen LogP contribution in [0.2, 0.25) is 0 Å². The third-order valence-corrected chi connectivity index (χ3v) is 2.94. The van der Waals surface area contributed by atoms with Gasteiger partial charge in [0.25, 0.3) is 0 Å². The number of halogens is 3. The Morgan fingerprint density at radius 1 is 1.47 bits per heavy atom. The van der Waals surface area contributed by atoms with Crippen LogP contribution < -0.4 is 0 Å². The quantitative estimate of drug-likeness (QED) is 0.748. The maximum absolute atomic E-state index is 12.2. The predicted octanol–water partition coefficient (Wildman–Crippen LogP) is 0.768. The highest BCUT2D eigenvalue weighted by molar-refractivity contribution is 5.87. The van der Waals surface area contributed by atoms with Gasteiger partial charge >= 0.3 is 12.1 Å². The maximum atomic E-state index is 12.2. The molecule has 2 amide bonds. The molecule has 1 fully saturated rings. The summed E-state index contributed by atoms with van der Waals surface area (Å²) in [4.78, 5) is 24.3. The van der Waals surface area contributed by atoms with Crippen LogP contribution >= 0.6 is 0 Å². The Hall–Kier alpha value is -1.78. The second-order valence-electron chi connectivity index (χ2n) is 4.69. The van der Waals surface area contributed by atoms with Gasteiger partial charge < -0.3 is 9.80 Å². The van der Waals surface area contributed by atoms with Gasteiger partial charge in [-0.3, -0.25) is 9.59 Å². The molecule has 0 aliphatic carbocycles. The van der Waals surface area contributed by atoms with Crippen LogP contribution in [0.15, 0.2) is 0 Å². The molecule has 1 aliphatic heterocycles. The molecule has 1 aliphatic rings. The minimum atomic E-state index is -5.00. The topological polar surface area (TPSA) is 64.4 Å². The van der Waals surface area contributed by atoms with E-state index in [9.17, 15) is 22.8 Å². The fraction of sp³-hybridized carbons (Fsp3) is 0.727. The Labute approximate surface area is 108 Å².